The number of anilines is 3. The zero-order valence-electron chi connectivity index (χ0n) is 37.9. The number of nitrogens with one attached hydrogen (secondary N) is 6. The second-order valence-electron chi connectivity index (χ2n) is 17.2. The number of benzene rings is 4. The van der Waals surface area contributed by atoms with Crippen LogP contribution >= 0.6 is 11.6 Å². The molecule has 5 aromatic rings. The Kier molecular flexibility index (Phi) is 14.7. The molecule has 2 saturated heterocycles. The summed E-state index contributed by atoms with van der Waals surface area (Å²) < 4.78 is 35.6. The Morgan fingerprint density at radius 3 is 2.51 bits per heavy atom. The SMILES string of the molecule is N=N/C(=C\NC1CCN(CCNCCOCC(=O)Nc2cccc3c2CN(C2CCC(=O)NC2=O)C3=O)CC1)c1ccc(Nc2ncc3c(n2)-c2ccc(Cl)cc2C(c2c(F)cccc2F)=NC3)cc1. The number of likely N-dealkylation sites (tertiary alicyclic amines) is 1. The summed E-state index contributed by atoms with van der Waals surface area (Å²) in [4.78, 5) is 67.6. The van der Waals surface area contributed by atoms with Crippen LogP contribution in [0.25, 0.3) is 17.0 Å². The molecule has 70 heavy (non-hydrogen) atoms. The van der Waals surface area contributed by atoms with Gasteiger partial charge in [-0.25, -0.2) is 24.3 Å². The van der Waals surface area contributed by atoms with E-state index in [1.54, 1.807) is 48.8 Å². The molecule has 360 valence electrons. The molecule has 0 radical (unpaired) electrons. The molecule has 4 aromatic carbocycles. The van der Waals surface area contributed by atoms with E-state index in [1.807, 2.05) is 24.3 Å². The Morgan fingerprint density at radius 1 is 0.957 bits per heavy atom. The molecule has 0 spiro atoms. The maximum Gasteiger partial charge on any atom is 0.255 e. The van der Waals surface area contributed by atoms with Gasteiger partial charge in [-0.15, -0.1) is 0 Å². The molecule has 4 amide bonds. The van der Waals surface area contributed by atoms with E-state index in [9.17, 15) is 28.0 Å². The summed E-state index contributed by atoms with van der Waals surface area (Å²) in [5, 5.41) is 19.4. The first-order valence-electron chi connectivity index (χ1n) is 23.0. The van der Waals surface area contributed by atoms with E-state index in [0.717, 1.165) is 44.6 Å². The minimum Gasteiger partial charge on any atom is -0.386 e. The maximum absolute atomic E-state index is 15.0. The molecule has 1 unspecified atom stereocenters. The van der Waals surface area contributed by atoms with Gasteiger partial charge in [0.1, 0.15) is 30.0 Å². The molecule has 20 heteroatoms. The van der Waals surface area contributed by atoms with Gasteiger partial charge >= 0.3 is 0 Å². The lowest BCUT2D eigenvalue weighted by Gasteiger charge is -2.32. The molecule has 9 rings (SSSR count). The molecule has 5 heterocycles. The minimum absolute atomic E-state index is 0.102. The van der Waals surface area contributed by atoms with Crippen LogP contribution in [0.1, 0.15) is 63.9 Å². The van der Waals surface area contributed by atoms with Crippen molar-refractivity contribution in [1.82, 2.24) is 35.7 Å². The number of rotatable bonds is 17. The van der Waals surface area contributed by atoms with Crippen molar-refractivity contribution in [2.45, 2.75) is 50.9 Å². The number of fused-ring (bicyclic) bond motifs is 4. The number of hydrogen-bond donors (Lipinski definition) is 6. The largest absolute Gasteiger partial charge is 0.386 e. The first-order valence-corrected chi connectivity index (χ1v) is 23.3. The van der Waals surface area contributed by atoms with Crippen molar-refractivity contribution in [3.8, 4) is 11.3 Å². The van der Waals surface area contributed by atoms with Crippen LogP contribution in [0, 0.1) is 17.2 Å². The number of carbonyl (C=O) groups is 4. The molecule has 0 bridgehead atoms. The fourth-order valence-corrected chi connectivity index (χ4v) is 9.21. The molecule has 0 aliphatic carbocycles. The van der Waals surface area contributed by atoms with Crippen molar-refractivity contribution < 1.29 is 32.7 Å². The van der Waals surface area contributed by atoms with Crippen molar-refractivity contribution in [3.05, 3.63) is 141 Å². The van der Waals surface area contributed by atoms with E-state index in [1.165, 1.54) is 23.1 Å². The van der Waals surface area contributed by atoms with Gasteiger partial charge in [-0.2, -0.15) is 5.11 Å². The number of halogens is 3. The van der Waals surface area contributed by atoms with Gasteiger partial charge in [0.15, 0.2) is 0 Å². The second-order valence-corrected chi connectivity index (χ2v) is 17.7. The smallest absolute Gasteiger partial charge is 0.255 e. The lowest BCUT2D eigenvalue weighted by Crippen LogP contribution is -2.52. The summed E-state index contributed by atoms with van der Waals surface area (Å²) in [6.07, 6.45) is 5.69. The van der Waals surface area contributed by atoms with Crippen LogP contribution < -0.4 is 26.6 Å². The van der Waals surface area contributed by atoms with Gasteiger partial charge in [0, 0.05) is 114 Å². The number of carbonyl (C=O) groups excluding carboxylic acids is 4. The molecule has 0 saturated carbocycles. The summed E-state index contributed by atoms with van der Waals surface area (Å²) >= 11 is 6.37. The molecular weight excluding hydrogens is 922 g/mol. The van der Waals surface area contributed by atoms with Crippen LogP contribution in [0.2, 0.25) is 5.02 Å². The third-order valence-electron chi connectivity index (χ3n) is 12.7. The number of amides is 4. The monoisotopic (exact) mass is 970 g/mol. The van der Waals surface area contributed by atoms with Crippen molar-refractivity contribution in [3.63, 3.8) is 0 Å². The summed E-state index contributed by atoms with van der Waals surface area (Å²) in [6.45, 7) is 4.42. The number of aliphatic imine (C=N–C) groups is 1. The second kappa shape index (κ2) is 21.5. The molecule has 1 aromatic heterocycles. The van der Waals surface area contributed by atoms with Crippen molar-refractivity contribution in [1.29, 1.82) is 5.53 Å². The van der Waals surface area contributed by atoms with Crippen LogP contribution in [0.15, 0.2) is 101 Å². The predicted octanol–water partition coefficient (Wildman–Crippen LogP) is 6.56. The van der Waals surface area contributed by atoms with E-state index in [-0.39, 0.29) is 67.6 Å². The highest BCUT2D eigenvalue weighted by molar-refractivity contribution is 6.31. The highest BCUT2D eigenvalue weighted by Gasteiger charge is 2.40. The van der Waals surface area contributed by atoms with Crippen LogP contribution in [-0.4, -0.2) is 107 Å². The highest BCUT2D eigenvalue weighted by Crippen LogP contribution is 2.36. The Labute approximate surface area is 406 Å². The first kappa shape index (κ1) is 47.7. The van der Waals surface area contributed by atoms with Crippen LogP contribution in [-0.2, 0) is 32.2 Å². The number of hydrogen-bond acceptors (Lipinski definition) is 14. The van der Waals surface area contributed by atoms with Crippen molar-refractivity contribution >= 4 is 64.0 Å². The normalized spacial score (nSPS) is 17.2. The average molecular weight is 971 g/mol. The molecule has 4 aliphatic heterocycles. The summed E-state index contributed by atoms with van der Waals surface area (Å²) in [6, 6.07) is 20.7. The van der Waals surface area contributed by atoms with Gasteiger partial charge in [-0.1, -0.05) is 41.9 Å². The van der Waals surface area contributed by atoms with E-state index < -0.39 is 23.6 Å². The molecule has 6 N–H and O–H groups in total. The third kappa shape index (κ3) is 10.8. The quantitative estimate of drug-likeness (QED) is 0.0333. The zero-order chi connectivity index (χ0) is 48.7. The van der Waals surface area contributed by atoms with Gasteiger partial charge in [0.2, 0.25) is 23.7 Å². The Morgan fingerprint density at radius 2 is 1.74 bits per heavy atom. The van der Waals surface area contributed by atoms with Gasteiger partial charge in [-0.3, -0.25) is 29.5 Å². The average Bonchev–Trinajstić information content (AvgIpc) is 3.61. The van der Waals surface area contributed by atoms with Gasteiger partial charge in [0.05, 0.1) is 30.1 Å². The zero-order valence-corrected chi connectivity index (χ0v) is 38.6. The minimum atomic E-state index is -0.739. The molecule has 2 fully saturated rings. The van der Waals surface area contributed by atoms with Gasteiger partial charge in [-0.05, 0) is 67.8 Å². The van der Waals surface area contributed by atoms with Crippen LogP contribution in [0.4, 0.5) is 26.1 Å². The van der Waals surface area contributed by atoms with E-state index in [4.69, 9.17) is 26.9 Å². The standard InChI is InChI=1S/C50H49ClF2N12O5/c51-31-9-12-34-36(23-31)47(45-38(52)4-2-5-39(45)53)57-24-30-25-58-50(62-46(30)34)59-33-10-7-29(8-11-33)41(63-54)26-56-32-15-19-64(20-16-32)21-17-55-18-22-70-28-44(67)60-40-6-1-3-35-37(40)27-65(49(35)69)42-13-14-43(66)61-48(42)68/h1-12,23,25-26,32,42,54-56H,13-22,24,27-28H2,(H,60,67)(H,58,59,62)(H,61,66,68)/b41-26-,63-54?. The molecule has 1 atom stereocenters. The number of ether oxygens (including phenoxy) is 1. The summed E-state index contributed by atoms with van der Waals surface area (Å²) in [7, 11) is 0. The van der Waals surface area contributed by atoms with Crippen molar-refractivity contribution in [2.75, 3.05) is 56.6 Å². The van der Waals surface area contributed by atoms with Crippen molar-refractivity contribution in [2.24, 2.45) is 10.1 Å². The Hall–Kier alpha value is -7.32. The van der Waals surface area contributed by atoms with E-state index >= 15 is 0 Å². The van der Waals surface area contributed by atoms with Crippen LogP contribution in [0.5, 0.6) is 0 Å². The number of imide groups is 1. The molecule has 17 nitrogen and oxygen atoms in total. The van der Waals surface area contributed by atoms with Gasteiger partial charge < -0.3 is 35.8 Å². The fourth-order valence-electron chi connectivity index (χ4n) is 9.04. The summed E-state index contributed by atoms with van der Waals surface area (Å²) in [5.41, 5.74) is 13.6. The Balaban J connectivity index is 0.688. The summed E-state index contributed by atoms with van der Waals surface area (Å²) in [5.74, 6) is -2.66. The highest BCUT2D eigenvalue weighted by atomic mass is 35.5. The van der Waals surface area contributed by atoms with Crippen LogP contribution in [0.3, 0.4) is 0 Å². The van der Waals surface area contributed by atoms with E-state index in [0.29, 0.717) is 74.7 Å². The van der Waals surface area contributed by atoms with E-state index in [2.05, 4.69) is 46.6 Å². The predicted molar refractivity (Wildman–Crippen MR) is 258 cm³/mol. The lowest BCUT2D eigenvalue weighted by molar-refractivity contribution is -0.137. The van der Waals surface area contributed by atoms with Gasteiger partial charge in [0.25, 0.3) is 5.91 Å². The number of aromatic nitrogens is 2. The third-order valence-corrected chi connectivity index (χ3v) is 12.9. The number of piperidine rings is 2. The Bertz CT molecular complexity index is 2890. The fraction of sp³-hybridized carbons (Fsp3) is 0.300. The maximum atomic E-state index is 15.0. The number of nitrogens with zero attached hydrogens (tertiary/aromatic N) is 6. The lowest BCUT2D eigenvalue weighted by atomic mass is 9.95. The molecular formula is C50H49ClF2N12O5. The molecule has 4 aliphatic rings. The first-order chi connectivity index (χ1) is 34.0. The topological polar surface area (TPSA) is 218 Å².